The molecule has 0 unspecified atom stereocenters. The Kier molecular flexibility index (Phi) is 2.79. The number of hydrogen-bond donors (Lipinski definition) is 3. The Bertz CT molecular complexity index is 388. The van der Waals surface area contributed by atoms with Crippen molar-refractivity contribution in [3.63, 3.8) is 0 Å². The van der Waals surface area contributed by atoms with Crippen LogP contribution in [0.2, 0.25) is 0 Å². The molecule has 0 amide bonds. The van der Waals surface area contributed by atoms with Crippen molar-refractivity contribution in [1.82, 2.24) is 16.0 Å². The average Bonchev–Trinajstić information content (AvgIpc) is 2.17. The van der Waals surface area contributed by atoms with Crippen LogP contribution in [0.4, 0.5) is 4.39 Å². The van der Waals surface area contributed by atoms with Gasteiger partial charge in [0.05, 0.1) is 0 Å². The zero-order valence-corrected chi connectivity index (χ0v) is 9.21. The van der Waals surface area contributed by atoms with Gasteiger partial charge in [-0.25, -0.2) is 4.39 Å². The number of nitrogens with one attached hydrogen (secondary N) is 3. The number of thiocarbonyl (C=S) groups is 2. The molecular formula is C9H8FN3S2. The van der Waals surface area contributed by atoms with Crippen molar-refractivity contribution >= 4 is 34.7 Å². The van der Waals surface area contributed by atoms with Gasteiger partial charge in [-0.2, -0.15) is 0 Å². The van der Waals surface area contributed by atoms with E-state index in [2.05, 4.69) is 16.0 Å². The topological polar surface area (TPSA) is 36.1 Å². The van der Waals surface area contributed by atoms with E-state index in [9.17, 15) is 4.39 Å². The average molecular weight is 241 g/mol. The summed E-state index contributed by atoms with van der Waals surface area (Å²) in [5, 5.41) is 9.65. The molecular weight excluding hydrogens is 233 g/mol. The van der Waals surface area contributed by atoms with Crippen molar-refractivity contribution in [3.8, 4) is 0 Å². The largest absolute Gasteiger partial charge is 0.338 e. The highest BCUT2D eigenvalue weighted by atomic mass is 32.1. The molecule has 1 aliphatic rings. The van der Waals surface area contributed by atoms with Crippen LogP contribution in [0.15, 0.2) is 24.3 Å². The van der Waals surface area contributed by atoms with Crippen LogP contribution >= 0.6 is 24.4 Å². The summed E-state index contributed by atoms with van der Waals surface area (Å²) in [6, 6.07) is 6.15. The predicted octanol–water partition coefficient (Wildman–Crippen LogP) is 1.18. The molecule has 0 aliphatic carbocycles. The molecule has 2 rings (SSSR count). The predicted molar refractivity (Wildman–Crippen MR) is 63.7 cm³/mol. The standard InChI is InChI=1S/C9H8FN3S2/c10-6-3-1-5(2-4-6)7-11-8(14)13-9(15)12-7/h1-4,7H,(H3,11,12,13,14,15). The van der Waals surface area contributed by atoms with Gasteiger partial charge >= 0.3 is 0 Å². The van der Waals surface area contributed by atoms with Gasteiger partial charge in [-0.15, -0.1) is 0 Å². The summed E-state index contributed by atoms with van der Waals surface area (Å²) in [5.74, 6) is -0.266. The molecule has 78 valence electrons. The van der Waals surface area contributed by atoms with Crippen molar-refractivity contribution in [3.05, 3.63) is 35.6 Å². The maximum atomic E-state index is 12.7. The summed E-state index contributed by atoms with van der Waals surface area (Å²) in [6.45, 7) is 0. The fourth-order valence-corrected chi connectivity index (χ4v) is 1.80. The molecule has 0 bridgehead atoms. The summed E-state index contributed by atoms with van der Waals surface area (Å²) < 4.78 is 12.7. The maximum absolute atomic E-state index is 12.7. The molecule has 0 spiro atoms. The van der Waals surface area contributed by atoms with Crippen molar-refractivity contribution < 1.29 is 4.39 Å². The highest BCUT2D eigenvalue weighted by molar-refractivity contribution is 7.81. The summed E-state index contributed by atoms with van der Waals surface area (Å²) in [4.78, 5) is 0. The number of rotatable bonds is 1. The highest BCUT2D eigenvalue weighted by Gasteiger charge is 2.18. The molecule has 3 N–H and O–H groups in total. The fourth-order valence-electron chi connectivity index (χ4n) is 1.30. The van der Waals surface area contributed by atoms with E-state index in [-0.39, 0.29) is 12.0 Å². The number of benzene rings is 1. The Morgan fingerprint density at radius 2 is 1.53 bits per heavy atom. The van der Waals surface area contributed by atoms with E-state index in [1.54, 1.807) is 12.1 Å². The molecule has 0 saturated carbocycles. The lowest BCUT2D eigenvalue weighted by atomic mass is 10.1. The minimum Gasteiger partial charge on any atom is -0.338 e. The Labute approximate surface area is 97.1 Å². The molecule has 1 aromatic rings. The maximum Gasteiger partial charge on any atom is 0.174 e. The first-order valence-corrected chi connectivity index (χ1v) is 5.10. The van der Waals surface area contributed by atoms with Gasteiger partial charge in [-0.3, -0.25) is 0 Å². The van der Waals surface area contributed by atoms with Gasteiger partial charge in [0.1, 0.15) is 12.0 Å². The minimum absolute atomic E-state index is 0.202. The van der Waals surface area contributed by atoms with Crippen LogP contribution in [-0.2, 0) is 0 Å². The third kappa shape index (κ3) is 2.40. The van der Waals surface area contributed by atoms with Crippen molar-refractivity contribution in [2.45, 2.75) is 6.17 Å². The normalized spacial score (nSPS) is 16.6. The molecule has 1 aliphatic heterocycles. The SMILES string of the molecule is Fc1ccc(C2NC(=S)NC(=S)N2)cc1. The number of hydrogen-bond acceptors (Lipinski definition) is 2. The van der Waals surface area contributed by atoms with Crippen LogP contribution in [0.25, 0.3) is 0 Å². The molecule has 0 radical (unpaired) electrons. The van der Waals surface area contributed by atoms with E-state index in [0.29, 0.717) is 10.2 Å². The molecule has 1 aromatic carbocycles. The highest BCUT2D eigenvalue weighted by Crippen LogP contribution is 2.12. The molecule has 0 atom stereocenters. The van der Waals surface area contributed by atoms with Gasteiger partial charge < -0.3 is 16.0 Å². The van der Waals surface area contributed by atoms with Gasteiger partial charge in [-0.05, 0) is 42.1 Å². The first kappa shape index (κ1) is 10.3. The fraction of sp³-hybridized carbons (Fsp3) is 0.111. The zero-order chi connectivity index (χ0) is 10.8. The second kappa shape index (κ2) is 4.08. The van der Waals surface area contributed by atoms with Crippen molar-refractivity contribution in [2.75, 3.05) is 0 Å². The van der Waals surface area contributed by atoms with Gasteiger partial charge in [-0.1, -0.05) is 12.1 Å². The Morgan fingerprint density at radius 1 is 1.00 bits per heavy atom. The lowest BCUT2D eigenvalue weighted by Crippen LogP contribution is -2.56. The lowest BCUT2D eigenvalue weighted by molar-refractivity contribution is 0.579. The van der Waals surface area contributed by atoms with Gasteiger partial charge in [0.15, 0.2) is 10.2 Å². The van der Waals surface area contributed by atoms with Crippen LogP contribution in [0, 0.1) is 5.82 Å². The van der Waals surface area contributed by atoms with Crippen LogP contribution < -0.4 is 16.0 Å². The molecule has 15 heavy (non-hydrogen) atoms. The summed E-state index contributed by atoms with van der Waals surface area (Å²) in [6.07, 6.45) is -0.202. The summed E-state index contributed by atoms with van der Waals surface area (Å²) >= 11 is 9.92. The zero-order valence-electron chi connectivity index (χ0n) is 7.58. The van der Waals surface area contributed by atoms with E-state index in [1.165, 1.54) is 12.1 Å². The summed E-state index contributed by atoms with van der Waals surface area (Å²) in [5.41, 5.74) is 0.877. The smallest absolute Gasteiger partial charge is 0.174 e. The first-order valence-electron chi connectivity index (χ1n) is 4.28. The van der Waals surface area contributed by atoms with Crippen LogP contribution in [0.5, 0.6) is 0 Å². The molecule has 1 fully saturated rings. The summed E-state index contributed by atoms with van der Waals surface area (Å²) in [7, 11) is 0. The van der Waals surface area contributed by atoms with Crippen LogP contribution in [-0.4, -0.2) is 10.2 Å². The monoisotopic (exact) mass is 241 g/mol. The molecule has 0 aromatic heterocycles. The van der Waals surface area contributed by atoms with Crippen LogP contribution in [0.1, 0.15) is 11.7 Å². The van der Waals surface area contributed by atoms with Crippen LogP contribution in [0.3, 0.4) is 0 Å². The van der Waals surface area contributed by atoms with Gasteiger partial charge in [0.25, 0.3) is 0 Å². The Hall–Kier alpha value is -1.27. The van der Waals surface area contributed by atoms with Crippen molar-refractivity contribution in [1.29, 1.82) is 0 Å². The quantitative estimate of drug-likeness (QED) is 0.644. The second-order valence-electron chi connectivity index (χ2n) is 3.06. The molecule has 1 saturated heterocycles. The lowest BCUT2D eigenvalue weighted by Gasteiger charge is -2.29. The Morgan fingerprint density at radius 3 is 2.07 bits per heavy atom. The van der Waals surface area contributed by atoms with E-state index in [1.807, 2.05) is 0 Å². The van der Waals surface area contributed by atoms with Crippen molar-refractivity contribution in [2.24, 2.45) is 0 Å². The van der Waals surface area contributed by atoms with E-state index >= 15 is 0 Å². The third-order valence-electron chi connectivity index (χ3n) is 1.98. The third-order valence-corrected chi connectivity index (χ3v) is 2.42. The first-order chi connectivity index (χ1) is 7.15. The number of halogens is 1. The van der Waals surface area contributed by atoms with E-state index in [0.717, 1.165) is 5.56 Å². The molecule has 3 nitrogen and oxygen atoms in total. The second-order valence-corrected chi connectivity index (χ2v) is 3.87. The van der Waals surface area contributed by atoms with Gasteiger partial charge in [0, 0.05) is 0 Å². The Balaban J connectivity index is 2.19. The van der Waals surface area contributed by atoms with Gasteiger partial charge in [0.2, 0.25) is 0 Å². The van der Waals surface area contributed by atoms with E-state index < -0.39 is 0 Å². The minimum atomic E-state index is -0.266. The molecule has 1 heterocycles. The molecule has 6 heteroatoms. The van der Waals surface area contributed by atoms with E-state index in [4.69, 9.17) is 24.4 Å².